The first kappa shape index (κ1) is 22.2. The third kappa shape index (κ3) is 5.77. The van der Waals surface area contributed by atoms with Crippen LogP contribution in [0.3, 0.4) is 0 Å². The van der Waals surface area contributed by atoms with Crippen LogP contribution in [0.15, 0.2) is 24.3 Å². The van der Waals surface area contributed by atoms with Crippen LogP contribution < -0.4 is 4.90 Å². The molecule has 162 valence electrons. The predicted molar refractivity (Wildman–Crippen MR) is 118 cm³/mol. The van der Waals surface area contributed by atoms with E-state index in [9.17, 15) is 9.18 Å². The molecule has 6 heteroatoms. The van der Waals surface area contributed by atoms with E-state index in [-0.39, 0.29) is 11.7 Å². The van der Waals surface area contributed by atoms with E-state index < -0.39 is 0 Å². The summed E-state index contributed by atoms with van der Waals surface area (Å²) < 4.78 is 13.7. The molecule has 1 saturated heterocycles. The molecule has 0 radical (unpaired) electrons. The highest BCUT2D eigenvalue weighted by Crippen LogP contribution is 2.25. The molecule has 0 bridgehead atoms. The van der Waals surface area contributed by atoms with Gasteiger partial charge in [0.15, 0.2) is 0 Å². The average Bonchev–Trinajstić information content (AvgIpc) is 2.73. The third-order valence-corrected chi connectivity index (χ3v) is 5.75. The summed E-state index contributed by atoms with van der Waals surface area (Å²) >= 11 is 0. The minimum absolute atomic E-state index is 0.231. The first-order valence-corrected chi connectivity index (χ1v) is 11.1. The van der Waals surface area contributed by atoms with Crippen molar-refractivity contribution in [3.8, 4) is 0 Å². The molecule has 2 heterocycles. The highest BCUT2D eigenvalue weighted by molar-refractivity contribution is 5.76. The number of carbonyl (C=O) groups excluding carboxylic acids is 1. The summed E-state index contributed by atoms with van der Waals surface area (Å²) in [6, 6.07) is 6.69. The number of anilines is 1. The third-order valence-electron chi connectivity index (χ3n) is 5.75. The summed E-state index contributed by atoms with van der Waals surface area (Å²) in [4.78, 5) is 26.0. The number of benzene rings is 1. The fourth-order valence-electron chi connectivity index (χ4n) is 4.07. The van der Waals surface area contributed by atoms with Crippen molar-refractivity contribution < 1.29 is 9.18 Å². The number of unbranched alkanes of at least 4 members (excludes halogenated alkanes) is 3. The second kappa shape index (κ2) is 10.5. The van der Waals surface area contributed by atoms with Gasteiger partial charge in [-0.05, 0) is 38.0 Å². The molecule has 1 aliphatic rings. The minimum atomic E-state index is -0.231. The maximum Gasteiger partial charge on any atom is 0.222 e. The number of halogens is 1. The summed E-state index contributed by atoms with van der Waals surface area (Å²) in [5.41, 5.74) is 2.87. The van der Waals surface area contributed by atoms with Gasteiger partial charge in [0.25, 0.3) is 0 Å². The van der Waals surface area contributed by atoms with Gasteiger partial charge < -0.3 is 9.80 Å². The Hall–Kier alpha value is -2.50. The van der Waals surface area contributed by atoms with Crippen molar-refractivity contribution in [3.63, 3.8) is 0 Å². The smallest absolute Gasteiger partial charge is 0.222 e. The molecule has 0 aliphatic carbocycles. The lowest BCUT2D eigenvalue weighted by Crippen LogP contribution is -2.49. The number of amides is 1. The Bertz CT molecular complexity index is 862. The molecule has 3 rings (SSSR count). The lowest BCUT2D eigenvalue weighted by Gasteiger charge is -2.36. The van der Waals surface area contributed by atoms with Crippen LogP contribution in [0.25, 0.3) is 0 Å². The van der Waals surface area contributed by atoms with Crippen molar-refractivity contribution in [2.24, 2.45) is 0 Å². The van der Waals surface area contributed by atoms with E-state index in [1.807, 2.05) is 24.8 Å². The van der Waals surface area contributed by atoms with Crippen molar-refractivity contribution in [2.75, 3.05) is 31.1 Å². The van der Waals surface area contributed by atoms with Crippen LogP contribution in [0, 0.1) is 19.7 Å². The van der Waals surface area contributed by atoms with E-state index in [0.29, 0.717) is 25.9 Å². The number of aromatic nitrogens is 2. The van der Waals surface area contributed by atoms with Crippen LogP contribution in [0.5, 0.6) is 0 Å². The number of rotatable bonds is 8. The van der Waals surface area contributed by atoms with E-state index in [4.69, 9.17) is 4.98 Å². The Morgan fingerprint density at radius 3 is 2.53 bits per heavy atom. The standard InChI is InChI=1S/C24H33FN4O/c1-4-5-6-7-11-23(30)28-12-14-29(15-13-28)24-22(18(2)26-19(3)27-24)17-20-9-8-10-21(25)16-20/h8-10,16H,4-7,11-15,17H2,1-3H3. The van der Waals surface area contributed by atoms with Gasteiger partial charge in [0, 0.05) is 50.3 Å². The number of hydrogen-bond donors (Lipinski definition) is 0. The van der Waals surface area contributed by atoms with Gasteiger partial charge in [0.2, 0.25) is 5.91 Å². The highest BCUT2D eigenvalue weighted by Gasteiger charge is 2.24. The zero-order chi connectivity index (χ0) is 21.5. The summed E-state index contributed by atoms with van der Waals surface area (Å²) in [5.74, 6) is 1.69. The van der Waals surface area contributed by atoms with Crippen molar-refractivity contribution in [1.82, 2.24) is 14.9 Å². The molecule has 30 heavy (non-hydrogen) atoms. The predicted octanol–water partition coefficient (Wildman–Crippen LogP) is 4.44. The molecule has 0 atom stereocenters. The molecule has 1 aliphatic heterocycles. The normalized spacial score (nSPS) is 14.3. The van der Waals surface area contributed by atoms with Crippen molar-refractivity contribution in [2.45, 2.75) is 59.3 Å². The van der Waals surface area contributed by atoms with Gasteiger partial charge in [0.1, 0.15) is 17.5 Å². The highest BCUT2D eigenvalue weighted by atomic mass is 19.1. The maximum atomic E-state index is 13.7. The molecular formula is C24H33FN4O. The second-order valence-electron chi connectivity index (χ2n) is 8.14. The molecule has 0 N–H and O–H groups in total. The maximum absolute atomic E-state index is 13.7. The fourth-order valence-corrected chi connectivity index (χ4v) is 4.07. The van der Waals surface area contributed by atoms with Gasteiger partial charge in [-0.25, -0.2) is 14.4 Å². The summed E-state index contributed by atoms with van der Waals surface area (Å²) in [6.07, 6.45) is 5.73. The first-order valence-electron chi connectivity index (χ1n) is 11.1. The largest absolute Gasteiger partial charge is 0.353 e. The van der Waals surface area contributed by atoms with Crippen LogP contribution in [0.2, 0.25) is 0 Å². The molecule has 1 aromatic carbocycles. The molecule has 1 fully saturated rings. The van der Waals surface area contributed by atoms with E-state index in [0.717, 1.165) is 54.4 Å². The SMILES string of the molecule is CCCCCCC(=O)N1CCN(c2nc(C)nc(C)c2Cc2cccc(F)c2)CC1. The number of piperazine rings is 1. The van der Waals surface area contributed by atoms with Crippen molar-refractivity contribution >= 4 is 11.7 Å². The van der Waals surface area contributed by atoms with E-state index >= 15 is 0 Å². The number of hydrogen-bond acceptors (Lipinski definition) is 4. The number of carbonyl (C=O) groups is 1. The van der Waals surface area contributed by atoms with Crippen LogP contribution in [-0.4, -0.2) is 47.0 Å². The van der Waals surface area contributed by atoms with E-state index in [1.54, 1.807) is 12.1 Å². The Kier molecular flexibility index (Phi) is 7.77. The topological polar surface area (TPSA) is 49.3 Å². The average molecular weight is 413 g/mol. The number of aryl methyl sites for hydroxylation is 2. The minimum Gasteiger partial charge on any atom is -0.353 e. The van der Waals surface area contributed by atoms with Crippen LogP contribution in [-0.2, 0) is 11.2 Å². The van der Waals surface area contributed by atoms with Crippen molar-refractivity contribution in [3.05, 3.63) is 52.7 Å². The Morgan fingerprint density at radius 1 is 1.07 bits per heavy atom. The zero-order valence-corrected chi connectivity index (χ0v) is 18.5. The van der Waals surface area contributed by atoms with E-state index in [1.165, 1.54) is 18.9 Å². The summed E-state index contributed by atoms with van der Waals surface area (Å²) in [7, 11) is 0. The first-order chi connectivity index (χ1) is 14.5. The van der Waals surface area contributed by atoms with Gasteiger partial charge in [-0.3, -0.25) is 4.79 Å². The Labute approximate surface area is 179 Å². The van der Waals surface area contributed by atoms with Gasteiger partial charge in [-0.1, -0.05) is 38.3 Å². The van der Waals surface area contributed by atoms with E-state index in [2.05, 4.69) is 16.8 Å². The molecule has 2 aromatic rings. The Balaban J connectivity index is 1.68. The lowest BCUT2D eigenvalue weighted by molar-refractivity contribution is -0.131. The summed E-state index contributed by atoms with van der Waals surface area (Å²) in [6.45, 7) is 9.02. The molecular weight excluding hydrogens is 379 g/mol. The quantitative estimate of drug-likeness (QED) is 0.602. The van der Waals surface area contributed by atoms with Gasteiger partial charge >= 0.3 is 0 Å². The molecule has 5 nitrogen and oxygen atoms in total. The van der Waals surface area contributed by atoms with Crippen LogP contribution >= 0.6 is 0 Å². The van der Waals surface area contributed by atoms with Crippen LogP contribution in [0.4, 0.5) is 10.2 Å². The lowest BCUT2D eigenvalue weighted by atomic mass is 10.0. The number of nitrogens with zero attached hydrogens (tertiary/aromatic N) is 4. The molecule has 1 amide bonds. The van der Waals surface area contributed by atoms with Gasteiger partial charge in [0.05, 0.1) is 0 Å². The zero-order valence-electron chi connectivity index (χ0n) is 18.5. The van der Waals surface area contributed by atoms with Crippen molar-refractivity contribution in [1.29, 1.82) is 0 Å². The van der Waals surface area contributed by atoms with Gasteiger partial charge in [-0.15, -0.1) is 0 Å². The molecule has 0 spiro atoms. The molecule has 1 aromatic heterocycles. The Morgan fingerprint density at radius 2 is 1.83 bits per heavy atom. The fraction of sp³-hybridized carbons (Fsp3) is 0.542. The molecule has 0 saturated carbocycles. The monoisotopic (exact) mass is 412 g/mol. The molecule has 0 unspecified atom stereocenters. The van der Waals surface area contributed by atoms with Crippen LogP contribution in [0.1, 0.15) is 61.7 Å². The summed E-state index contributed by atoms with van der Waals surface area (Å²) in [5, 5.41) is 0. The second-order valence-corrected chi connectivity index (χ2v) is 8.14. The van der Waals surface area contributed by atoms with Gasteiger partial charge in [-0.2, -0.15) is 0 Å².